The summed E-state index contributed by atoms with van der Waals surface area (Å²) in [5, 5.41) is 0. The van der Waals surface area contributed by atoms with Gasteiger partial charge in [0.05, 0.1) is 5.69 Å². The van der Waals surface area contributed by atoms with Gasteiger partial charge in [-0.3, -0.25) is 4.79 Å². The van der Waals surface area contributed by atoms with Crippen LogP contribution in [0.1, 0.15) is 31.3 Å². The van der Waals surface area contributed by atoms with Crippen molar-refractivity contribution in [2.24, 2.45) is 11.8 Å². The summed E-state index contributed by atoms with van der Waals surface area (Å²) in [7, 11) is 0. The molecule has 1 aromatic rings. The highest BCUT2D eigenvalue weighted by Gasteiger charge is 2.31. The lowest BCUT2D eigenvalue weighted by Crippen LogP contribution is -2.30. The van der Waals surface area contributed by atoms with Crippen LogP contribution in [-0.4, -0.2) is 28.5 Å². The average molecular weight is 235 g/mol. The van der Waals surface area contributed by atoms with Gasteiger partial charge < -0.3 is 15.2 Å². The van der Waals surface area contributed by atoms with Crippen molar-refractivity contribution >= 4 is 11.6 Å². The van der Waals surface area contributed by atoms with Gasteiger partial charge in [-0.05, 0) is 24.8 Å². The molecule has 4 heteroatoms. The predicted octanol–water partition coefficient (Wildman–Crippen LogP) is 1.82. The Hall–Kier alpha value is -1.45. The fraction of sp³-hybridized carbons (Fsp3) is 0.615. The van der Waals surface area contributed by atoms with Crippen LogP contribution in [0.5, 0.6) is 0 Å². The number of likely N-dealkylation sites (tertiary alicyclic amines) is 1. The number of nitrogens with two attached hydrogens (primary N) is 1. The summed E-state index contributed by atoms with van der Waals surface area (Å²) in [5.74, 6) is 1.28. The second kappa shape index (κ2) is 4.43. The molecule has 2 rings (SSSR count). The number of carbonyl (C=O) groups is 1. The summed E-state index contributed by atoms with van der Waals surface area (Å²) >= 11 is 0. The first-order valence-corrected chi connectivity index (χ1v) is 6.27. The summed E-state index contributed by atoms with van der Waals surface area (Å²) < 4.78 is 1.92. The van der Waals surface area contributed by atoms with Gasteiger partial charge >= 0.3 is 0 Å². The van der Waals surface area contributed by atoms with Gasteiger partial charge in [0.25, 0.3) is 5.91 Å². The van der Waals surface area contributed by atoms with Gasteiger partial charge in [0, 0.05) is 25.8 Å². The molecule has 1 aliphatic heterocycles. The van der Waals surface area contributed by atoms with E-state index < -0.39 is 0 Å². The molecule has 2 unspecified atom stereocenters. The Kier molecular flexibility index (Phi) is 3.13. The van der Waals surface area contributed by atoms with Crippen molar-refractivity contribution in [1.29, 1.82) is 0 Å². The van der Waals surface area contributed by atoms with E-state index >= 15 is 0 Å². The molecular formula is C13H21N3O. The van der Waals surface area contributed by atoms with Crippen LogP contribution in [-0.2, 0) is 6.54 Å². The summed E-state index contributed by atoms with van der Waals surface area (Å²) in [5.41, 5.74) is 7.13. The minimum Gasteiger partial charge on any atom is -0.397 e. The van der Waals surface area contributed by atoms with Crippen LogP contribution in [0.3, 0.4) is 0 Å². The molecule has 0 aromatic carbocycles. The minimum atomic E-state index is 0.111. The zero-order chi connectivity index (χ0) is 12.6. The number of anilines is 1. The standard InChI is InChI=1S/C13H21N3O/c1-4-15-8-11(14)5-12(15)13(17)16-6-9(2)10(3)7-16/h5,8-10H,4,6-7,14H2,1-3H3. The Morgan fingerprint density at radius 3 is 2.53 bits per heavy atom. The monoisotopic (exact) mass is 235 g/mol. The molecule has 1 amide bonds. The van der Waals surface area contributed by atoms with Crippen LogP contribution < -0.4 is 5.73 Å². The van der Waals surface area contributed by atoms with E-state index in [0.29, 0.717) is 23.2 Å². The first-order valence-electron chi connectivity index (χ1n) is 6.27. The molecule has 0 spiro atoms. The van der Waals surface area contributed by atoms with Gasteiger partial charge in [-0.15, -0.1) is 0 Å². The third-order valence-corrected chi connectivity index (χ3v) is 3.75. The molecule has 2 N–H and O–H groups in total. The zero-order valence-corrected chi connectivity index (χ0v) is 10.8. The quantitative estimate of drug-likeness (QED) is 0.850. The normalized spacial score (nSPS) is 24.3. The third-order valence-electron chi connectivity index (χ3n) is 3.75. The zero-order valence-electron chi connectivity index (χ0n) is 10.8. The number of hydrogen-bond acceptors (Lipinski definition) is 2. The predicted molar refractivity (Wildman–Crippen MR) is 68.7 cm³/mol. The molecule has 1 aliphatic rings. The third kappa shape index (κ3) is 2.16. The maximum absolute atomic E-state index is 12.4. The summed E-state index contributed by atoms with van der Waals surface area (Å²) in [4.78, 5) is 14.3. The van der Waals surface area contributed by atoms with Crippen LogP contribution >= 0.6 is 0 Å². The lowest BCUT2D eigenvalue weighted by atomic mass is 10.0. The largest absolute Gasteiger partial charge is 0.397 e. The Morgan fingerprint density at radius 2 is 2.00 bits per heavy atom. The molecule has 2 heterocycles. The van der Waals surface area contributed by atoms with Gasteiger partial charge in [0.1, 0.15) is 5.69 Å². The molecule has 1 saturated heterocycles. The van der Waals surface area contributed by atoms with E-state index in [1.807, 2.05) is 22.6 Å². The second-order valence-electron chi connectivity index (χ2n) is 5.11. The summed E-state index contributed by atoms with van der Waals surface area (Å²) in [6.45, 7) is 8.91. The number of nitrogen functional groups attached to an aromatic ring is 1. The molecular weight excluding hydrogens is 214 g/mol. The van der Waals surface area contributed by atoms with Crippen LogP contribution in [0.15, 0.2) is 12.3 Å². The fourth-order valence-corrected chi connectivity index (χ4v) is 2.43. The minimum absolute atomic E-state index is 0.111. The number of amides is 1. The van der Waals surface area contributed by atoms with E-state index in [9.17, 15) is 4.79 Å². The molecule has 1 aromatic heterocycles. The van der Waals surface area contributed by atoms with E-state index in [-0.39, 0.29) is 5.91 Å². The molecule has 2 atom stereocenters. The SMILES string of the molecule is CCn1cc(N)cc1C(=O)N1CC(C)C(C)C1. The number of aryl methyl sites for hydroxylation is 1. The van der Waals surface area contributed by atoms with Gasteiger partial charge in [0.2, 0.25) is 0 Å². The Labute approximate surface area is 102 Å². The topological polar surface area (TPSA) is 51.3 Å². The molecule has 0 aliphatic carbocycles. The molecule has 17 heavy (non-hydrogen) atoms. The highest BCUT2D eigenvalue weighted by Crippen LogP contribution is 2.24. The first kappa shape index (κ1) is 12.0. The Balaban J connectivity index is 2.20. The first-order chi connectivity index (χ1) is 8.02. The van der Waals surface area contributed by atoms with Gasteiger partial charge in [-0.25, -0.2) is 0 Å². The maximum Gasteiger partial charge on any atom is 0.270 e. The summed E-state index contributed by atoms with van der Waals surface area (Å²) in [6, 6.07) is 1.78. The van der Waals surface area contributed by atoms with Gasteiger partial charge in [-0.2, -0.15) is 0 Å². The lowest BCUT2D eigenvalue weighted by molar-refractivity contribution is 0.0774. The fourth-order valence-electron chi connectivity index (χ4n) is 2.43. The molecule has 0 radical (unpaired) electrons. The molecule has 94 valence electrons. The van der Waals surface area contributed by atoms with Crippen molar-refractivity contribution in [2.75, 3.05) is 18.8 Å². The van der Waals surface area contributed by atoms with Gasteiger partial charge in [0.15, 0.2) is 0 Å². The van der Waals surface area contributed by atoms with E-state index in [0.717, 1.165) is 19.6 Å². The Bertz CT molecular complexity index is 414. The van der Waals surface area contributed by atoms with E-state index in [1.165, 1.54) is 0 Å². The van der Waals surface area contributed by atoms with Crippen LogP contribution in [0.4, 0.5) is 5.69 Å². The number of hydrogen-bond donors (Lipinski definition) is 1. The summed E-state index contributed by atoms with van der Waals surface area (Å²) in [6.07, 6.45) is 1.83. The number of nitrogens with zero attached hydrogens (tertiary/aromatic N) is 2. The van der Waals surface area contributed by atoms with E-state index in [1.54, 1.807) is 6.07 Å². The average Bonchev–Trinajstić information content (AvgIpc) is 2.82. The molecule has 1 fully saturated rings. The molecule has 4 nitrogen and oxygen atoms in total. The van der Waals surface area contributed by atoms with Crippen molar-refractivity contribution in [3.05, 3.63) is 18.0 Å². The molecule has 0 saturated carbocycles. The van der Waals surface area contributed by atoms with E-state index in [4.69, 9.17) is 5.73 Å². The highest BCUT2D eigenvalue weighted by molar-refractivity contribution is 5.94. The van der Waals surface area contributed by atoms with Crippen LogP contribution in [0.2, 0.25) is 0 Å². The highest BCUT2D eigenvalue weighted by atomic mass is 16.2. The molecule has 0 bridgehead atoms. The van der Waals surface area contributed by atoms with Crippen LogP contribution in [0, 0.1) is 11.8 Å². The lowest BCUT2D eigenvalue weighted by Gasteiger charge is -2.16. The number of carbonyl (C=O) groups excluding carboxylic acids is 1. The van der Waals surface area contributed by atoms with Crippen molar-refractivity contribution in [3.8, 4) is 0 Å². The van der Waals surface area contributed by atoms with Crippen LogP contribution in [0.25, 0.3) is 0 Å². The van der Waals surface area contributed by atoms with Crippen molar-refractivity contribution in [1.82, 2.24) is 9.47 Å². The van der Waals surface area contributed by atoms with Crippen molar-refractivity contribution in [2.45, 2.75) is 27.3 Å². The number of rotatable bonds is 2. The number of aromatic nitrogens is 1. The second-order valence-corrected chi connectivity index (χ2v) is 5.11. The Morgan fingerprint density at radius 1 is 1.41 bits per heavy atom. The smallest absolute Gasteiger partial charge is 0.270 e. The maximum atomic E-state index is 12.4. The van der Waals surface area contributed by atoms with E-state index in [2.05, 4.69) is 13.8 Å². The van der Waals surface area contributed by atoms with Crippen molar-refractivity contribution < 1.29 is 4.79 Å². The van der Waals surface area contributed by atoms with Crippen molar-refractivity contribution in [3.63, 3.8) is 0 Å². The van der Waals surface area contributed by atoms with Gasteiger partial charge in [-0.1, -0.05) is 13.8 Å².